The molecule has 0 amide bonds. The quantitative estimate of drug-likeness (QED) is 0.186. The van der Waals surface area contributed by atoms with Crippen molar-refractivity contribution in [2.24, 2.45) is 0 Å². The summed E-state index contributed by atoms with van der Waals surface area (Å²) < 4.78 is 144. The summed E-state index contributed by atoms with van der Waals surface area (Å²) >= 11 is 0. The zero-order valence-electron chi connectivity index (χ0n) is 39.3. The van der Waals surface area contributed by atoms with Gasteiger partial charge in [0.15, 0.2) is 0 Å². The van der Waals surface area contributed by atoms with Gasteiger partial charge in [-0.25, -0.2) is 0 Å². The lowest BCUT2D eigenvalue weighted by Crippen LogP contribution is -1.92. The number of fused-ring (bicyclic) bond motifs is 5. The fourth-order valence-electron chi connectivity index (χ4n) is 6.02. The minimum absolute atomic E-state index is 0.00322. The van der Waals surface area contributed by atoms with E-state index in [9.17, 15) is 2.74 Å². The third-order valence-electron chi connectivity index (χ3n) is 7.97. The van der Waals surface area contributed by atoms with Gasteiger partial charge in [-0.1, -0.05) is 151 Å². The molecule has 0 aliphatic rings. The molecule has 45 heavy (non-hydrogen) atoms. The molecule has 0 N–H and O–H groups in total. The van der Waals surface area contributed by atoms with Crippen LogP contribution in [0, 0.1) is 0 Å². The van der Waals surface area contributed by atoms with E-state index in [1.807, 2.05) is 24.3 Å². The van der Waals surface area contributed by atoms with Gasteiger partial charge in [0, 0.05) is 10.8 Å². The normalized spacial score (nSPS) is 16.5. The fourth-order valence-corrected chi connectivity index (χ4v) is 6.02. The first-order valence-electron chi connectivity index (χ1n) is 22.1. The summed E-state index contributed by atoms with van der Waals surface area (Å²) in [6.45, 7) is 0. The van der Waals surface area contributed by atoms with Gasteiger partial charge in [-0.15, -0.1) is 0 Å². The molecule has 0 atom stereocenters. The van der Waals surface area contributed by atoms with E-state index in [2.05, 4.69) is 0 Å². The Labute approximate surface area is 284 Å². The molecule has 0 radical (unpaired) electrons. The number of hydrogen-bond acceptors (Lipinski definition) is 1. The molecule has 1 heterocycles. The molecule has 9 rings (SSSR count). The van der Waals surface area contributed by atoms with Crippen molar-refractivity contribution in [1.82, 2.24) is 0 Å². The molecule has 0 saturated carbocycles. The van der Waals surface area contributed by atoms with Crippen LogP contribution in [-0.2, 0) is 0 Å². The maximum absolute atomic E-state index is 9.27. The van der Waals surface area contributed by atoms with E-state index >= 15 is 0 Å². The molecule has 0 fully saturated rings. The fraction of sp³-hybridized carbons (Fsp3) is 0. The van der Waals surface area contributed by atoms with E-state index in [4.69, 9.17) is 23.6 Å². The smallest absolute Gasteiger partial charge is 0.135 e. The monoisotopic (exact) mass is 588 g/mol. The Morgan fingerprint density at radius 1 is 0.356 bits per heavy atom. The third-order valence-corrected chi connectivity index (χ3v) is 7.97. The zero-order chi connectivity index (χ0) is 43.7. The van der Waals surface area contributed by atoms with Crippen molar-refractivity contribution in [2.75, 3.05) is 0 Å². The van der Waals surface area contributed by atoms with Crippen LogP contribution in [0.5, 0.6) is 0 Å². The first kappa shape index (κ1) is 14.2. The van der Waals surface area contributed by atoms with Crippen LogP contribution in [0.25, 0.3) is 88.0 Å². The molecule has 0 aliphatic heterocycles. The topological polar surface area (TPSA) is 13.1 Å². The van der Waals surface area contributed by atoms with Crippen LogP contribution in [0.4, 0.5) is 0 Å². The van der Waals surface area contributed by atoms with Crippen LogP contribution < -0.4 is 0 Å². The molecule has 0 spiro atoms. The van der Waals surface area contributed by atoms with E-state index in [-0.39, 0.29) is 62.3 Å². The van der Waals surface area contributed by atoms with Crippen LogP contribution in [-0.4, -0.2) is 0 Å². The van der Waals surface area contributed by atoms with E-state index < -0.39 is 78.6 Å². The molecular formula is C44H28O. The third kappa shape index (κ3) is 4.17. The average molecular weight is 589 g/mol. The SMILES string of the molecule is [2H]c1c([2H])c([2H])c(-c2c([2H])c([2H])c([2H])c([2H])c2-c2c3ccccc3c(-c3ccc(-c4c([2H])c([2H])c5oc6c([2H])c([2H])c([2H])c([2H])c6c5c4[2H])cc3)c3ccccc23)c([2H])c1[2H]. The molecule has 0 bridgehead atoms. The standard InChI is InChI=1S/C44H28O/c1-2-12-30(13-3-1)33-14-4-5-16-35(33)44-38-19-8-6-17-36(38)43(37-18-7-9-20-39(37)44)31-24-22-29(23-25-31)32-26-27-42-40(28-32)34-15-10-11-21-41(34)45-42/h1-28H/i1D,2D,3D,4D,5D,10D,11D,12D,13D,14D,15D,16D,21D,26D,27D,28D. The largest absolute Gasteiger partial charge is 0.456 e. The van der Waals surface area contributed by atoms with Crippen LogP contribution in [0.3, 0.4) is 0 Å². The van der Waals surface area contributed by atoms with E-state index in [1.54, 1.807) is 48.5 Å². The molecule has 1 heteroatoms. The minimum Gasteiger partial charge on any atom is -0.456 e. The summed E-state index contributed by atoms with van der Waals surface area (Å²) in [5, 5.41) is 2.34. The highest BCUT2D eigenvalue weighted by atomic mass is 16.3. The van der Waals surface area contributed by atoms with Gasteiger partial charge in [-0.05, 0) is 84.2 Å². The molecule has 210 valence electrons. The first-order chi connectivity index (χ1) is 29.0. The maximum atomic E-state index is 9.27. The molecule has 0 saturated heterocycles. The maximum Gasteiger partial charge on any atom is 0.135 e. The number of rotatable bonds is 4. The van der Waals surface area contributed by atoms with Crippen molar-refractivity contribution in [3.8, 4) is 44.5 Å². The molecule has 9 aromatic rings. The van der Waals surface area contributed by atoms with Gasteiger partial charge in [-0.3, -0.25) is 0 Å². The lowest BCUT2D eigenvalue weighted by Gasteiger charge is -2.19. The molecule has 0 unspecified atom stereocenters. The van der Waals surface area contributed by atoms with Crippen LogP contribution in [0.1, 0.15) is 21.9 Å². The van der Waals surface area contributed by atoms with Crippen molar-refractivity contribution in [1.29, 1.82) is 0 Å². The van der Waals surface area contributed by atoms with Gasteiger partial charge in [0.1, 0.15) is 11.2 Å². The Morgan fingerprint density at radius 3 is 1.62 bits per heavy atom. The summed E-state index contributed by atoms with van der Waals surface area (Å²) in [4.78, 5) is 0. The van der Waals surface area contributed by atoms with Gasteiger partial charge < -0.3 is 4.42 Å². The van der Waals surface area contributed by atoms with Crippen molar-refractivity contribution < 1.29 is 26.3 Å². The summed E-state index contributed by atoms with van der Waals surface area (Å²) in [6, 6.07) is 13.1. The number of para-hydroxylation sites is 1. The van der Waals surface area contributed by atoms with Gasteiger partial charge in [0.05, 0.1) is 21.9 Å². The van der Waals surface area contributed by atoms with Crippen LogP contribution in [0.2, 0.25) is 0 Å². The number of hydrogen-bond donors (Lipinski definition) is 0. The Morgan fingerprint density at radius 2 is 0.911 bits per heavy atom. The van der Waals surface area contributed by atoms with Crippen molar-refractivity contribution in [3.05, 3.63) is 169 Å². The summed E-state index contributed by atoms with van der Waals surface area (Å²) in [5.41, 5.74) is 1.18. The van der Waals surface area contributed by atoms with Crippen LogP contribution >= 0.6 is 0 Å². The Kier molecular flexibility index (Phi) is 3.28. The second kappa shape index (κ2) is 10.4. The predicted molar refractivity (Wildman–Crippen MR) is 190 cm³/mol. The van der Waals surface area contributed by atoms with Crippen molar-refractivity contribution in [3.63, 3.8) is 0 Å². The highest BCUT2D eigenvalue weighted by Gasteiger charge is 2.18. The Hall–Kier alpha value is -5.92. The highest BCUT2D eigenvalue weighted by Crippen LogP contribution is 2.46. The molecular weight excluding hydrogens is 544 g/mol. The van der Waals surface area contributed by atoms with Gasteiger partial charge in [0.25, 0.3) is 0 Å². The first-order valence-corrected chi connectivity index (χ1v) is 14.1. The van der Waals surface area contributed by atoms with E-state index in [0.717, 1.165) is 5.56 Å². The molecule has 1 aromatic heterocycles. The van der Waals surface area contributed by atoms with Crippen LogP contribution in [0.15, 0.2) is 174 Å². The highest BCUT2D eigenvalue weighted by molar-refractivity contribution is 6.22. The van der Waals surface area contributed by atoms with Gasteiger partial charge in [-0.2, -0.15) is 0 Å². The van der Waals surface area contributed by atoms with Crippen molar-refractivity contribution >= 4 is 43.5 Å². The molecule has 8 aromatic carbocycles. The summed E-state index contributed by atoms with van der Waals surface area (Å²) in [6.07, 6.45) is 0. The zero-order valence-corrected chi connectivity index (χ0v) is 23.3. The summed E-state index contributed by atoms with van der Waals surface area (Å²) in [7, 11) is 0. The predicted octanol–water partition coefficient (Wildman–Crippen LogP) is 12.6. The van der Waals surface area contributed by atoms with Gasteiger partial charge in [0.2, 0.25) is 0 Å². The lowest BCUT2D eigenvalue weighted by atomic mass is 9.83. The second-order valence-corrected chi connectivity index (χ2v) is 10.4. The second-order valence-electron chi connectivity index (χ2n) is 10.4. The van der Waals surface area contributed by atoms with E-state index in [0.29, 0.717) is 38.2 Å². The lowest BCUT2D eigenvalue weighted by molar-refractivity contribution is 0.669. The molecule has 0 aliphatic carbocycles. The summed E-state index contributed by atoms with van der Waals surface area (Å²) in [5.74, 6) is 0. The number of furan rings is 1. The average Bonchev–Trinajstić information content (AvgIpc) is 3.68. The molecule has 1 nitrogen and oxygen atoms in total. The number of benzene rings is 8. The van der Waals surface area contributed by atoms with Crippen molar-refractivity contribution in [2.45, 2.75) is 0 Å². The van der Waals surface area contributed by atoms with Gasteiger partial charge >= 0.3 is 0 Å². The Bertz CT molecular complexity index is 3340. The Balaban J connectivity index is 1.31. The van der Waals surface area contributed by atoms with E-state index in [1.165, 1.54) is 0 Å². The minimum atomic E-state index is -0.650.